The second-order valence-corrected chi connectivity index (χ2v) is 6.19. The number of benzene rings is 1. The Morgan fingerprint density at radius 3 is 2.39 bits per heavy atom. The maximum atomic E-state index is 12.8. The SMILES string of the molecule is CCCCN(CCCC)C(=O)C(=O)N1CCCc2ccccc21. The van der Waals surface area contributed by atoms with Gasteiger partial charge in [0.2, 0.25) is 0 Å². The highest BCUT2D eigenvalue weighted by atomic mass is 16.2. The zero-order chi connectivity index (χ0) is 16.7. The molecule has 4 heteroatoms. The monoisotopic (exact) mass is 316 g/mol. The van der Waals surface area contributed by atoms with Gasteiger partial charge in [0.15, 0.2) is 0 Å². The summed E-state index contributed by atoms with van der Waals surface area (Å²) in [6, 6.07) is 7.91. The molecule has 1 aromatic rings. The van der Waals surface area contributed by atoms with Crippen LogP contribution in [-0.2, 0) is 16.0 Å². The van der Waals surface area contributed by atoms with Crippen molar-refractivity contribution in [3.05, 3.63) is 29.8 Å². The molecule has 0 N–H and O–H groups in total. The van der Waals surface area contributed by atoms with E-state index >= 15 is 0 Å². The molecule has 126 valence electrons. The van der Waals surface area contributed by atoms with E-state index in [-0.39, 0.29) is 11.8 Å². The fraction of sp³-hybridized carbons (Fsp3) is 0.579. The van der Waals surface area contributed by atoms with Crippen molar-refractivity contribution in [3.8, 4) is 0 Å². The van der Waals surface area contributed by atoms with Crippen LogP contribution >= 0.6 is 0 Å². The van der Waals surface area contributed by atoms with Gasteiger partial charge >= 0.3 is 11.8 Å². The number of hydrogen-bond donors (Lipinski definition) is 0. The third-order valence-electron chi connectivity index (χ3n) is 4.39. The van der Waals surface area contributed by atoms with Crippen LogP contribution in [0.2, 0.25) is 0 Å². The Hall–Kier alpha value is -1.84. The minimum absolute atomic E-state index is 0.344. The van der Waals surface area contributed by atoms with Crippen LogP contribution in [0.25, 0.3) is 0 Å². The van der Waals surface area contributed by atoms with Crippen molar-refractivity contribution in [2.45, 2.75) is 52.4 Å². The van der Waals surface area contributed by atoms with E-state index in [4.69, 9.17) is 0 Å². The van der Waals surface area contributed by atoms with E-state index < -0.39 is 0 Å². The predicted octanol–water partition coefficient (Wildman–Crippen LogP) is 3.39. The van der Waals surface area contributed by atoms with E-state index in [2.05, 4.69) is 13.8 Å². The number of aryl methyl sites for hydroxylation is 1. The minimum atomic E-state index is -0.371. The van der Waals surface area contributed by atoms with Crippen molar-refractivity contribution in [3.63, 3.8) is 0 Å². The van der Waals surface area contributed by atoms with Crippen molar-refractivity contribution >= 4 is 17.5 Å². The quantitative estimate of drug-likeness (QED) is 0.755. The molecule has 0 spiro atoms. The summed E-state index contributed by atoms with van der Waals surface area (Å²) in [5.41, 5.74) is 2.07. The average Bonchev–Trinajstić information content (AvgIpc) is 2.60. The molecule has 0 fully saturated rings. The van der Waals surface area contributed by atoms with E-state index in [0.717, 1.165) is 49.8 Å². The lowest BCUT2D eigenvalue weighted by Crippen LogP contribution is -2.47. The average molecular weight is 316 g/mol. The fourth-order valence-electron chi connectivity index (χ4n) is 3.01. The normalized spacial score (nSPS) is 13.6. The zero-order valence-electron chi connectivity index (χ0n) is 14.4. The second kappa shape index (κ2) is 8.70. The third kappa shape index (κ3) is 4.34. The van der Waals surface area contributed by atoms with Gasteiger partial charge in [-0.15, -0.1) is 0 Å². The molecule has 4 nitrogen and oxygen atoms in total. The number of rotatable bonds is 6. The van der Waals surface area contributed by atoms with Gasteiger partial charge in [0, 0.05) is 25.3 Å². The van der Waals surface area contributed by atoms with Gasteiger partial charge in [-0.3, -0.25) is 9.59 Å². The highest BCUT2D eigenvalue weighted by Gasteiger charge is 2.30. The number of nitrogens with zero attached hydrogens (tertiary/aromatic N) is 2. The summed E-state index contributed by atoms with van der Waals surface area (Å²) in [7, 11) is 0. The predicted molar refractivity (Wildman–Crippen MR) is 93.5 cm³/mol. The zero-order valence-corrected chi connectivity index (χ0v) is 14.4. The summed E-state index contributed by atoms with van der Waals surface area (Å²) >= 11 is 0. The van der Waals surface area contributed by atoms with Gasteiger partial charge in [0.25, 0.3) is 0 Å². The van der Waals surface area contributed by atoms with Gasteiger partial charge in [0.1, 0.15) is 0 Å². The first kappa shape index (κ1) is 17.5. The molecule has 0 saturated heterocycles. The van der Waals surface area contributed by atoms with Crippen LogP contribution in [0, 0.1) is 0 Å². The molecule has 0 aliphatic carbocycles. The number of carbonyl (C=O) groups excluding carboxylic acids is 2. The van der Waals surface area contributed by atoms with E-state index in [1.807, 2.05) is 24.3 Å². The number of hydrogen-bond acceptors (Lipinski definition) is 2. The Bertz CT molecular complexity index is 534. The number of unbranched alkanes of at least 4 members (excludes halogenated alkanes) is 2. The summed E-state index contributed by atoms with van der Waals surface area (Å²) in [5, 5.41) is 0. The number of fused-ring (bicyclic) bond motifs is 1. The van der Waals surface area contributed by atoms with Crippen LogP contribution in [0.3, 0.4) is 0 Å². The molecule has 23 heavy (non-hydrogen) atoms. The van der Waals surface area contributed by atoms with Gasteiger partial charge in [-0.2, -0.15) is 0 Å². The number of carbonyl (C=O) groups is 2. The molecule has 0 saturated carbocycles. The summed E-state index contributed by atoms with van der Waals surface area (Å²) in [6.45, 7) is 6.19. The van der Waals surface area contributed by atoms with Crippen LogP contribution in [0.1, 0.15) is 51.5 Å². The van der Waals surface area contributed by atoms with E-state index in [1.165, 1.54) is 0 Å². The Labute approximate surface area is 139 Å². The van der Waals surface area contributed by atoms with E-state index in [1.54, 1.807) is 9.80 Å². The maximum Gasteiger partial charge on any atom is 0.316 e. The molecule has 0 radical (unpaired) electrons. The van der Waals surface area contributed by atoms with Crippen LogP contribution in [0.15, 0.2) is 24.3 Å². The number of para-hydroxylation sites is 1. The van der Waals surface area contributed by atoms with Crippen LogP contribution < -0.4 is 4.90 Å². The lowest BCUT2D eigenvalue weighted by Gasteiger charge is -2.31. The molecule has 1 heterocycles. The smallest absolute Gasteiger partial charge is 0.316 e. The van der Waals surface area contributed by atoms with Crippen molar-refractivity contribution < 1.29 is 9.59 Å². The number of amides is 2. The second-order valence-electron chi connectivity index (χ2n) is 6.19. The van der Waals surface area contributed by atoms with Gasteiger partial charge in [-0.1, -0.05) is 44.9 Å². The molecule has 0 unspecified atom stereocenters. The molecule has 1 aromatic carbocycles. The third-order valence-corrected chi connectivity index (χ3v) is 4.39. The lowest BCUT2D eigenvalue weighted by atomic mass is 10.0. The highest BCUT2D eigenvalue weighted by molar-refractivity contribution is 6.40. The largest absolute Gasteiger partial charge is 0.334 e. The Kier molecular flexibility index (Phi) is 6.63. The summed E-state index contributed by atoms with van der Waals surface area (Å²) < 4.78 is 0. The van der Waals surface area contributed by atoms with Gasteiger partial charge in [-0.05, 0) is 37.3 Å². The molecular weight excluding hydrogens is 288 g/mol. The van der Waals surface area contributed by atoms with E-state index in [9.17, 15) is 9.59 Å². The molecule has 0 bridgehead atoms. The standard InChI is InChI=1S/C19H28N2O2/c1-3-5-13-20(14-6-4-2)18(22)19(23)21-15-9-11-16-10-7-8-12-17(16)21/h7-8,10,12H,3-6,9,11,13-15H2,1-2H3. The summed E-state index contributed by atoms with van der Waals surface area (Å²) in [4.78, 5) is 28.9. The van der Waals surface area contributed by atoms with Gasteiger partial charge in [0.05, 0.1) is 0 Å². The first-order chi connectivity index (χ1) is 11.2. The maximum absolute atomic E-state index is 12.8. The Balaban J connectivity index is 2.12. The topological polar surface area (TPSA) is 40.6 Å². The first-order valence-corrected chi connectivity index (χ1v) is 8.87. The van der Waals surface area contributed by atoms with Gasteiger partial charge < -0.3 is 9.80 Å². The van der Waals surface area contributed by atoms with Crippen molar-refractivity contribution in [2.24, 2.45) is 0 Å². The molecule has 0 atom stereocenters. The molecular formula is C19H28N2O2. The van der Waals surface area contributed by atoms with Crippen LogP contribution in [0.4, 0.5) is 5.69 Å². The Morgan fingerprint density at radius 2 is 1.74 bits per heavy atom. The molecule has 0 aromatic heterocycles. The van der Waals surface area contributed by atoms with Gasteiger partial charge in [-0.25, -0.2) is 0 Å². The molecule has 2 rings (SSSR count). The lowest BCUT2D eigenvalue weighted by molar-refractivity contribution is -0.144. The Morgan fingerprint density at radius 1 is 1.09 bits per heavy atom. The van der Waals surface area contributed by atoms with Crippen molar-refractivity contribution in [1.29, 1.82) is 0 Å². The fourth-order valence-corrected chi connectivity index (χ4v) is 3.01. The summed E-state index contributed by atoms with van der Waals surface area (Å²) in [6.07, 6.45) is 5.83. The minimum Gasteiger partial charge on any atom is -0.334 e. The number of anilines is 1. The molecule has 2 amide bonds. The van der Waals surface area contributed by atoms with Crippen molar-refractivity contribution in [1.82, 2.24) is 4.90 Å². The molecule has 1 aliphatic heterocycles. The van der Waals surface area contributed by atoms with Crippen LogP contribution in [0.5, 0.6) is 0 Å². The van der Waals surface area contributed by atoms with Crippen LogP contribution in [-0.4, -0.2) is 36.3 Å². The van der Waals surface area contributed by atoms with Crippen molar-refractivity contribution in [2.75, 3.05) is 24.5 Å². The summed E-state index contributed by atoms with van der Waals surface area (Å²) in [5.74, 6) is -0.715. The van der Waals surface area contributed by atoms with E-state index in [0.29, 0.717) is 19.6 Å². The highest BCUT2D eigenvalue weighted by Crippen LogP contribution is 2.27. The molecule has 1 aliphatic rings. The first-order valence-electron chi connectivity index (χ1n) is 8.87.